The van der Waals surface area contributed by atoms with Crippen molar-refractivity contribution in [3.05, 3.63) is 71.4 Å². The first-order valence-electron chi connectivity index (χ1n) is 7.43. The van der Waals surface area contributed by atoms with Gasteiger partial charge in [0, 0.05) is 12.1 Å². The first-order valence-corrected chi connectivity index (χ1v) is 7.43. The Morgan fingerprint density at radius 1 is 1.13 bits per heavy atom. The van der Waals surface area contributed by atoms with Gasteiger partial charge < -0.3 is 5.11 Å². The van der Waals surface area contributed by atoms with E-state index in [2.05, 4.69) is 10.3 Å². The number of carbonyl (C=O) groups is 1. The Bertz CT molecular complexity index is 825. The molecule has 0 unspecified atom stereocenters. The molecule has 0 radical (unpaired) electrons. The van der Waals surface area contributed by atoms with Gasteiger partial charge in [0.2, 0.25) is 0 Å². The maximum atomic E-state index is 11.5. The summed E-state index contributed by atoms with van der Waals surface area (Å²) < 4.78 is 1.67. The average Bonchev–Trinajstić information content (AvgIpc) is 2.98. The molecule has 0 spiro atoms. The number of aromatic nitrogens is 3. The second-order valence-corrected chi connectivity index (χ2v) is 5.42. The third kappa shape index (κ3) is 3.29. The zero-order valence-electron chi connectivity index (χ0n) is 12.8. The smallest absolute Gasteiger partial charge is 0.358 e. The van der Waals surface area contributed by atoms with Gasteiger partial charge in [-0.25, -0.2) is 9.48 Å². The first kappa shape index (κ1) is 15.0. The zero-order chi connectivity index (χ0) is 16.2. The van der Waals surface area contributed by atoms with Gasteiger partial charge in [0.05, 0.1) is 0 Å². The Kier molecular flexibility index (Phi) is 4.19. The Morgan fingerprint density at radius 2 is 1.91 bits per heavy atom. The number of aryl methyl sites for hydroxylation is 3. The van der Waals surface area contributed by atoms with Crippen LogP contribution in [0.3, 0.4) is 0 Å². The molecule has 0 aliphatic carbocycles. The lowest BCUT2D eigenvalue weighted by atomic mass is 10.1. The summed E-state index contributed by atoms with van der Waals surface area (Å²) in [6, 6.07) is 17.7. The zero-order valence-corrected chi connectivity index (χ0v) is 12.8. The minimum atomic E-state index is -1.06. The van der Waals surface area contributed by atoms with Crippen molar-refractivity contribution in [3.63, 3.8) is 0 Å². The van der Waals surface area contributed by atoms with Crippen molar-refractivity contribution in [3.8, 4) is 11.3 Å². The van der Waals surface area contributed by atoms with Crippen molar-refractivity contribution < 1.29 is 9.90 Å². The summed E-state index contributed by atoms with van der Waals surface area (Å²) in [5.41, 5.74) is 3.60. The predicted octanol–water partition coefficient (Wildman–Crippen LogP) is 3.19. The third-order valence-electron chi connectivity index (χ3n) is 3.68. The lowest BCUT2D eigenvalue weighted by Crippen LogP contribution is -2.07. The fraction of sp³-hybridized carbons (Fsp3) is 0.167. The van der Waals surface area contributed by atoms with Crippen LogP contribution in [0.15, 0.2) is 54.6 Å². The molecule has 1 N–H and O–H groups in total. The minimum Gasteiger partial charge on any atom is -0.476 e. The maximum absolute atomic E-state index is 11.5. The van der Waals surface area contributed by atoms with Crippen LogP contribution in [0.5, 0.6) is 0 Å². The van der Waals surface area contributed by atoms with Crippen LogP contribution < -0.4 is 0 Å². The van der Waals surface area contributed by atoms with Gasteiger partial charge in [0.15, 0.2) is 5.69 Å². The molecule has 1 aromatic heterocycles. The maximum Gasteiger partial charge on any atom is 0.358 e. The van der Waals surface area contributed by atoms with Gasteiger partial charge in [-0.2, -0.15) is 0 Å². The summed E-state index contributed by atoms with van der Waals surface area (Å²) in [6.07, 6.45) is 0.766. The van der Waals surface area contributed by atoms with Gasteiger partial charge in [0.25, 0.3) is 0 Å². The quantitative estimate of drug-likeness (QED) is 0.786. The highest BCUT2D eigenvalue weighted by molar-refractivity contribution is 5.92. The van der Waals surface area contributed by atoms with Crippen LogP contribution in [0.2, 0.25) is 0 Å². The van der Waals surface area contributed by atoms with Crippen LogP contribution in [-0.2, 0) is 13.0 Å². The van der Waals surface area contributed by atoms with E-state index in [0.29, 0.717) is 12.2 Å². The molecule has 0 aliphatic rings. The molecule has 0 saturated carbocycles. The van der Waals surface area contributed by atoms with Gasteiger partial charge in [-0.3, -0.25) is 0 Å². The van der Waals surface area contributed by atoms with E-state index in [-0.39, 0.29) is 5.69 Å². The summed E-state index contributed by atoms with van der Waals surface area (Å²) >= 11 is 0. The molecule has 116 valence electrons. The number of carboxylic acid groups (broad SMARTS) is 1. The summed E-state index contributed by atoms with van der Waals surface area (Å²) in [5.74, 6) is -1.06. The highest BCUT2D eigenvalue weighted by atomic mass is 16.4. The van der Waals surface area contributed by atoms with Crippen molar-refractivity contribution in [2.45, 2.75) is 19.9 Å². The number of benzene rings is 2. The SMILES string of the molecule is Cc1cccc(-c2c(C(=O)O)nnn2CCc2ccccc2)c1. The predicted molar refractivity (Wildman–Crippen MR) is 87.3 cm³/mol. The highest BCUT2D eigenvalue weighted by Gasteiger charge is 2.20. The van der Waals surface area contributed by atoms with Crippen molar-refractivity contribution in [2.75, 3.05) is 0 Å². The number of hydrogen-bond acceptors (Lipinski definition) is 3. The summed E-state index contributed by atoms with van der Waals surface area (Å²) in [7, 11) is 0. The lowest BCUT2D eigenvalue weighted by Gasteiger charge is -2.08. The molecule has 5 nitrogen and oxygen atoms in total. The van der Waals surface area contributed by atoms with E-state index in [1.54, 1.807) is 4.68 Å². The third-order valence-corrected chi connectivity index (χ3v) is 3.68. The summed E-state index contributed by atoms with van der Waals surface area (Å²) in [5, 5.41) is 17.3. The standard InChI is InChI=1S/C18H17N3O2/c1-13-6-5-9-15(12-13)17-16(18(22)23)19-20-21(17)11-10-14-7-3-2-4-8-14/h2-9,12H,10-11H2,1H3,(H,22,23). The van der Waals surface area contributed by atoms with Gasteiger partial charge in [-0.1, -0.05) is 59.3 Å². The number of aromatic carboxylic acids is 1. The summed E-state index contributed by atoms with van der Waals surface area (Å²) in [4.78, 5) is 11.5. The molecule has 0 bridgehead atoms. The fourth-order valence-corrected chi connectivity index (χ4v) is 2.57. The van der Waals surface area contributed by atoms with Gasteiger partial charge in [-0.05, 0) is 25.0 Å². The molecule has 0 fully saturated rings. The second kappa shape index (κ2) is 6.44. The highest BCUT2D eigenvalue weighted by Crippen LogP contribution is 2.23. The molecule has 3 rings (SSSR count). The van der Waals surface area contributed by atoms with E-state index >= 15 is 0 Å². The van der Waals surface area contributed by atoms with E-state index < -0.39 is 5.97 Å². The van der Waals surface area contributed by atoms with Crippen molar-refractivity contribution in [1.82, 2.24) is 15.0 Å². The van der Waals surface area contributed by atoms with Crippen LogP contribution in [0.25, 0.3) is 11.3 Å². The van der Waals surface area contributed by atoms with Gasteiger partial charge >= 0.3 is 5.97 Å². The second-order valence-electron chi connectivity index (χ2n) is 5.42. The molecule has 0 atom stereocenters. The van der Waals surface area contributed by atoms with Crippen molar-refractivity contribution >= 4 is 5.97 Å². The molecule has 0 aliphatic heterocycles. The van der Waals surface area contributed by atoms with E-state index in [1.165, 1.54) is 5.56 Å². The Hall–Kier alpha value is -2.95. The largest absolute Gasteiger partial charge is 0.476 e. The van der Waals surface area contributed by atoms with E-state index in [4.69, 9.17) is 0 Å². The van der Waals surface area contributed by atoms with E-state index in [1.807, 2.05) is 61.5 Å². The number of rotatable bonds is 5. The fourth-order valence-electron chi connectivity index (χ4n) is 2.57. The molecule has 23 heavy (non-hydrogen) atoms. The molecule has 0 saturated heterocycles. The monoisotopic (exact) mass is 307 g/mol. The van der Waals surface area contributed by atoms with Crippen LogP contribution in [0.4, 0.5) is 0 Å². The average molecular weight is 307 g/mol. The van der Waals surface area contributed by atoms with Crippen molar-refractivity contribution in [1.29, 1.82) is 0 Å². The van der Waals surface area contributed by atoms with Crippen LogP contribution in [0.1, 0.15) is 21.6 Å². The van der Waals surface area contributed by atoms with Crippen LogP contribution in [-0.4, -0.2) is 26.1 Å². The molecule has 1 heterocycles. The first-order chi connectivity index (χ1) is 11.1. The van der Waals surface area contributed by atoms with Crippen LogP contribution in [0, 0.1) is 6.92 Å². The Balaban J connectivity index is 1.96. The number of hydrogen-bond donors (Lipinski definition) is 1. The topological polar surface area (TPSA) is 68.0 Å². The Labute approximate surface area is 134 Å². The lowest BCUT2D eigenvalue weighted by molar-refractivity contribution is 0.0691. The molecular formula is C18H17N3O2. The minimum absolute atomic E-state index is 0.0105. The Morgan fingerprint density at radius 3 is 2.61 bits per heavy atom. The molecule has 3 aromatic rings. The summed E-state index contributed by atoms with van der Waals surface area (Å²) in [6.45, 7) is 2.55. The molecular weight excluding hydrogens is 290 g/mol. The van der Waals surface area contributed by atoms with Crippen LogP contribution >= 0.6 is 0 Å². The molecule has 5 heteroatoms. The number of carboxylic acids is 1. The molecule has 2 aromatic carbocycles. The van der Waals surface area contributed by atoms with Gasteiger partial charge in [-0.15, -0.1) is 5.10 Å². The number of nitrogens with zero attached hydrogens (tertiary/aromatic N) is 3. The normalized spacial score (nSPS) is 10.7. The van der Waals surface area contributed by atoms with E-state index in [9.17, 15) is 9.90 Å². The van der Waals surface area contributed by atoms with E-state index in [0.717, 1.165) is 17.5 Å². The van der Waals surface area contributed by atoms with Gasteiger partial charge in [0.1, 0.15) is 5.69 Å². The van der Waals surface area contributed by atoms with Crippen molar-refractivity contribution in [2.24, 2.45) is 0 Å². The molecule has 0 amide bonds.